The first kappa shape index (κ1) is 11.2. The Labute approximate surface area is 89.7 Å². The number of nitrogen functional groups attached to an aromatic ring is 1. The average Bonchev–Trinajstić information content (AvgIpc) is 2.17. The molecule has 1 aromatic heterocycles. The number of pyridine rings is 1. The topological polar surface area (TPSA) is 77.3 Å². The van der Waals surface area contributed by atoms with Crippen LogP contribution in [0.15, 0.2) is 29.4 Å². The van der Waals surface area contributed by atoms with Gasteiger partial charge < -0.3 is 11.5 Å². The summed E-state index contributed by atoms with van der Waals surface area (Å²) < 4.78 is 0. The van der Waals surface area contributed by atoms with Crippen LogP contribution in [0.3, 0.4) is 0 Å². The second-order valence-electron chi connectivity index (χ2n) is 3.48. The van der Waals surface area contributed by atoms with E-state index in [-0.39, 0.29) is 6.04 Å². The monoisotopic (exact) mass is 204 g/mol. The molecule has 0 saturated carbocycles. The highest BCUT2D eigenvalue weighted by Gasteiger charge is 1.95. The van der Waals surface area contributed by atoms with Crippen molar-refractivity contribution in [2.24, 2.45) is 10.7 Å². The Kier molecular flexibility index (Phi) is 3.85. The summed E-state index contributed by atoms with van der Waals surface area (Å²) in [6.07, 6.45) is 5.09. The molecule has 0 aliphatic heterocycles. The number of nitrogens with two attached hydrogens (primary N) is 2. The quantitative estimate of drug-likeness (QED) is 0.731. The maximum absolute atomic E-state index is 5.84. The van der Waals surface area contributed by atoms with Gasteiger partial charge in [0, 0.05) is 29.7 Å². The molecule has 1 rings (SSSR count). The second kappa shape index (κ2) is 5.14. The van der Waals surface area contributed by atoms with Gasteiger partial charge in [0.05, 0.1) is 0 Å². The molecule has 0 amide bonds. The Bertz CT molecular complexity index is 380. The van der Waals surface area contributed by atoms with Gasteiger partial charge in [-0.15, -0.1) is 0 Å². The Morgan fingerprint density at radius 2 is 2.27 bits per heavy atom. The summed E-state index contributed by atoms with van der Waals surface area (Å²) in [5, 5.41) is 0. The van der Waals surface area contributed by atoms with E-state index in [9.17, 15) is 0 Å². The van der Waals surface area contributed by atoms with Gasteiger partial charge in [-0.2, -0.15) is 0 Å². The number of hydrogen-bond donors (Lipinski definition) is 2. The van der Waals surface area contributed by atoms with Crippen LogP contribution in [0.25, 0.3) is 5.70 Å². The van der Waals surface area contributed by atoms with Crippen LogP contribution in [0.1, 0.15) is 19.4 Å². The number of rotatable bonds is 3. The Morgan fingerprint density at radius 3 is 2.87 bits per heavy atom. The van der Waals surface area contributed by atoms with Gasteiger partial charge in [0.2, 0.25) is 0 Å². The molecule has 0 atom stereocenters. The molecule has 0 spiro atoms. The maximum Gasteiger partial charge on any atom is 0.123 e. The number of aliphatic imine (C=N–C) groups is 1. The molecule has 0 bridgehead atoms. The molecule has 0 radical (unpaired) electrons. The lowest BCUT2D eigenvalue weighted by Crippen LogP contribution is -1.99. The summed E-state index contributed by atoms with van der Waals surface area (Å²) in [6, 6.07) is 3.82. The fourth-order valence-electron chi connectivity index (χ4n) is 1.02. The fraction of sp³-hybridized carbons (Fsp3) is 0.273. The lowest BCUT2D eigenvalue weighted by atomic mass is 10.2. The Balaban J connectivity index is 2.80. The van der Waals surface area contributed by atoms with E-state index in [1.54, 1.807) is 24.6 Å². The van der Waals surface area contributed by atoms with Crippen LogP contribution in [0.4, 0.5) is 5.82 Å². The third-order valence-electron chi connectivity index (χ3n) is 1.75. The minimum atomic E-state index is 0.275. The summed E-state index contributed by atoms with van der Waals surface area (Å²) in [4.78, 5) is 8.08. The summed E-state index contributed by atoms with van der Waals surface area (Å²) in [7, 11) is 0. The highest BCUT2D eigenvalue weighted by atomic mass is 14.8. The van der Waals surface area contributed by atoms with Gasteiger partial charge in [0.25, 0.3) is 0 Å². The van der Waals surface area contributed by atoms with E-state index < -0.39 is 0 Å². The van der Waals surface area contributed by atoms with E-state index in [4.69, 9.17) is 11.5 Å². The van der Waals surface area contributed by atoms with Crippen molar-refractivity contribution in [1.29, 1.82) is 0 Å². The van der Waals surface area contributed by atoms with E-state index in [2.05, 4.69) is 9.98 Å². The predicted molar refractivity (Wildman–Crippen MR) is 64.4 cm³/mol. The van der Waals surface area contributed by atoms with Crippen LogP contribution in [0.2, 0.25) is 0 Å². The molecule has 0 fully saturated rings. The second-order valence-corrected chi connectivity index (χ2v) is 3.48. The number of anilines is 1. The highest BCUT2D eigenvalue weighted by molar-refractivity contribution is 5.83. The molecule has 0 saturated heterocycles. The molecule has 1 heterocycles. The Morgan fingerprint density at radius 1 is 1.53 bits per heavy atom. The van der Waals surface area contributed by atoms with Gasteiger partial charge in [-0.05, 0) is 32.1 Å². The average molecular weight is 204 g/mol. The molecule has 4 nitrogen and oxygen atoms in total. The van der Waals surface area contributed by atoms with Crippen LogP contribution in [0, 0.1) is 0 Å². The maximum atomic E-state index is 5.84. The molecular weight excluding hydrogens is 188 g/mol. The van der Waals surface area contributed by atoms with Gasteiger partial charge >= 0.3 is 0 Å². The third kappa shape index (κ3) is 3.81. The van der Waals surface area contributed by atoms with Crippen molar-refractivity contribution in [1.82, 2.24) is 4.98 Å². The van der Waals surface area contributed by atoms with Crippen molar-refractivity contribution >= 4 is 17.7 Å². The van der Waals surface area contributed by atoms with E-state index in [1.807, 2.05) is 19.9 Å². The minimum Gasteiger partial charge on any atom is -0.398 e. The van der Waals surface area contributed by atoms with Crippen LogP contribution >= 0.6 is 0 Å². The number of allylic oxidation sites excluding steroid dienone is 1. The van der Waals surface area contributed by atoms with Crippen molar-refractivity contribution in [3.63, 3.8) is 0 Å². The van der Waals surface area contributed by atoms with Gasteiger partial charge in [0.1, 0.15) is 5.82 Å². The number of hydrogen-bond acceptors (Lipinski definition) is 4. The largest absolute Gasteiger partial charge is 0.398 e. The molecule has 15 heavy (non-hydrogen) atoms. The summed E-state index contributed by atoms with van der Waals surface area (Å²) in [6.45, 7) is 4.01. The van der Waals surface area contributed by atoms with Gasteiger partial charge in [-0.3, -0.25) is 4.99 Å². The predicted octanol–water partition coefficient (Wildman–Crippen LogP) is 1.44. The molecule has 0 unspecified atom stereocenters. The van der Waals surface area contributed by atoms with Crippen molar-refractivity contribution in [3.8, 4) is 0 Å². The van der Waals surface area contributed by atoms with Crippen molar-refractivity contribution in [3.05, 3.63) is 30.0 Å². The van der Waals surface area contributed by atoms with Gasteiger partial charge in [0.15, 0.2) is 0 Å². The molecule has 4 heteroatoms. The fourth-order valence-corrected chi connectivity index (χ4v) is 1.02. The van der Waals surface area contributed by atoms with E-state index in [0.29, 0.717) is 11.5 Å². The first-order valence-electron chi connectivity index (χ1n) is 4.80. The lowest BCUT2D eigenvalue weighted by Gasteiger charge is -2.00. The van der Waals surface area contributed by atoms with Gasteiger partial charge in [-0.25, -0.2) is 4.98 Å². The Hall–Kier alpha value is -1.84. The van der Waals surface area contributed by atoms with Gasteiger partial charge in [-0.1, -0.05) is 0 Å². The zero-order chi connectivity index (χ0) is 11.3. The smallest absolute Gasteiger partial charge is 0.123 e. The first-order valence-corrected chi connectivity index (χ1v) is 4.80. The molecule has 0 aliphatic carbocycles. The summed E-state index contributed by atoms with van der Waals surface area (Å²) in [5.74, 6) is 0.463. The van der Waals surface area contributed by atoms with E-state index in [0.717, 1.165) is 5.56 Å². The van der Waals surface area contributed by atoms with E-state index >= 15 is 0 Å². The molecule has 80 valence electrons. The van der Waals surface area contributed by atoms with Crippen molar-refractivity contribution < 1.29 is 0 Å². The zero-order valence-corrected chi connectivity index (χ0v) is 9.01. The molecule has 1 aromatic rings. The summed E-state index contributed by atoms with van der Waals surface area (Å²) in [5.41, 5.74) is 12.9. The molecule has 0 aromatic carbocycles. The molecule has 0 aliphatic rings. The number of nitrogens with zero attached hydrogens (tertiary/aromatic N) is 2. The summed E-state index contributed by atoms with van der Waals surface area (Å²) >= 11 is 0. The minimum absolute atomic E-state index is 0.275. The van der Waals surface area contributed by atoms with Crippen molar-refractivity contribution in [2.45, 2.75) is 19.9 Å². The van der Waals surface area contributed by atoms with Crippen molar-refractivity contribution in [2.75, 3.05) is 5.73 Å². The zero-order valence-electron chi connectivity index (χ0n) is 9.01. The third-order valence-corrected chi connectivity index (χ3v) is 1.75. The highest BCUT2D eigenvalue weighted by Crippen LogP contribution is 2.09. The SMILES string of the molecule is CC(C)N=C/C=C(\N)c1ccnc(N)c1. The van der Waals surface area contributed by atoms with Crippen LogP contribution in [-0.4, -0.2) is 17.2 Å². The standard InChI is InChI=1S/C11H16N4/c1-8(2)14-6-4-10(12)9-3-5-15-11(13)7-9/h3-8H,12H2,1-2H3,(H2,13,15)/b10-4-,14-6?. The van der Waals surface area contributed by atoms with Crippen LogP contribution < -0.4 is 11.5 Å². The van der Waals surface area contributed by atoms with Crippen LogP contribution in [-0.2, 0) is 0 Å². The first-order chi connectivity index (χ1) is 7.09. The van der Waals surface area contributed by atoms with Crippen LogP contribution in [0.5, 0.6) is 0 Å². The molecular formula is C11H16N4. The molecule has 4 N–H and O–H groups in total. The van der Waals surface area contributed by atoms with E-state index in [1.165, 1.54) is 0 Å². The normalized spacial score (nSPS) is 12.6. The lowest BCUT2D eigenvalue weighted by molar-refractivity contribution is 0.842. The number of aromatic nitrogens is 1.